The minimum Gasteiger partial charge on any atom is -0.489 e. The molecule has 1 heterocycles. The number of ether oxygens (including phenoxy) is 1. The second kappa shape index (κ2) is 13.5. The van der Waals surface area contributed by atoms with Crippen molar-refractivity contribution in [1.82, 2.24) is 10.2 Å². The zero-order valence-electron chi connectivity index (χ0n) is 20.5. The molecule has 1 saturated heterocycles. The summed E-state index contributed by atoms with van der Waals surface area (Å²) in [4.78, 5) is 14.8. The van der Waals surface area contributed by atoms with Crippen LogP contribution in [0.5, 0.6) is 5.75 Å². The van der Waals surface area contributed by atoms with Crippen LogP contribution in [0.3, 0.4) is 0 Å². The van der Waals surface area contributed by atoms with Gasteiger partial charge in [-0.25, -0.2) is 4.79 Å². The molecule has 4 rings (SSSR count). The molecule has 184 valence electrons. The molecule has 2 amide bonds. The lowest BCUT2D eigenvalue weighted by Gasteiger charge is -2.32. The summed E-state index contributed by atoms with van der Waals surface area (Å²) in [7, 11) is 0. The van der Waals surface area contributed by atoms with E-state index in [0.29, 0.717) is 13.2 Å². The highest BCUT2D eigenvalue weighted by Crippen LogP contribution is 2.22. The van der Waals surface area contributed by atoms with E-state index in [1.54, 1.807) is 0 Å². The monoisotopic (exact) mass is 471 g/mol. The number of nitrogens with one attached hydrogen (secondary N) is 2. The quantitative estimate of drug-likeness (QED) is 0.331. The van der Waals surface area contributed by atoms with Crippen molar-refractivity contribution in [3.05, 3.63) is 96.1 Å². The number of hydrogen-bond acceptors (Lipinski definition) is 3. The van der Waals surface area contributed by atoms with Crippen molar-refractivity contribution in [2.75, 3.05) is 31.5 Å². The Morgan fingerprint density at radius 2 is 1.49 bits per heavy atom. The lowest BCUT2D eigenvalue weighted by atomic mass is 9.90. The van der Waals surface area contributed by atoms with E-state index >= 15 is 0 Å². The molecule has 5 nitrogen and oxygen atoms in total. The number of piperidine rings is 1. The molecular formula is C30H37N3O2. The third-order valence-electron chi connectivity index (χ3n) is 6.62. The molecule has 0 aliphatic carbocycles. The zero-order chi connectivity index (χ0) is 24.1. The average molecular weight is 472 g/mol. The van der Waals surface area contributed by atoms with Crippen LogP contribution in [0.15, 0.2) is 84.9 Å². The van der Waals surface area contributed by atoms with E-state index in [2.05, 4.69) is 45.9 Å². The second-order valence-electron chi connectivity index (χ2n) is 9.36. The van der Waals surface area contributed by atoms with Crippen LogP contribution in [-0.4, -0.2) is 37.1 Å². The highest BCUT2D eigenvalue weighted by molar-refractivity contribution is 5.89. The first kappa shape index (κ1) is 24.8. The van der Waals surface area contributed by atoms with Crippen LogP contribution < -0.4 is 15.4 Å². The van der Waals surface area contributed by atoms with E-state index in [9.17, 15) is 4.79 Å². The lowest BCUT2D eigenvalue weighted by molar-refractivity contribution is 0.181. The summed E-state index contributed by atoms with van der Waals surface area (Å²) in [6.45, 7) is 4.72. The van der Waals surface area contributed by atoms with Gasteiger partial charge < -0.3 is 20.3 Å². The molecule has 3 aromatic carbocycles. The SMILES string of the molecule is O=C(NCCCCN1CCC(Cc2ccccc2)CC1)Nc1ccc(OCc2ccccc2)cc1. The molecule has 0 radical (unpaired) electrons. The standard InChI is InChI=1S/C30H37N3O2/c34-30(32-28-13-15-29(16-14-28)35-24-27-11-5-2-6-12-27)31-19-7-8-20-33-21-17-26(18-22-33)23-25-9-3-1-4-10-25/h1-6,9-16,26H,7-8,17-24H2,(H2,31,32,34). The van der Waals surface area contributed by atoms with Crippen LogP contribution in [-0.2, 0) is 13.0 Å². The molecule has 1 aliphatic rings. The average Bonchev–Trinajstić information content (AvgIpc) is 2.90. The third kappa shape index (κ3) is 8.76. The molecule has 1 aliphatic heterocycles. The van der Waals surface area contributed by atoms with Crippen LogP contribution in [0.4, 0.5) is 10.5 Å². The summed E-state index contributed by atoms with van der Waals surface area (Å²) >= 11 is 0. The maximum atomic E-state index is 12.2. The fourth-order valence-corrected chi connectivity index (χ4v) is 4.57. The molecule has 0 atom stereocenters. The maximum Gasteiger partial charge on any atom is 0.319 e. The maximum absolute atomic E-state index is 12.2. The number of urea groups is 1. The Bertz CT molecular complexity index is 1000. The first-order valence-corrected chi connectivity index (χ1v) is 12.8. The van der Waals surface area contributed by atoms with E-state index in [4.69, 9.17) is 4.74 Å². The summed E-state index contributed by atoms with van der Waals surface area (Å²) in [6, 6.07) is 28.2. The number of hydrogen-bond donors (Lipinski definition) is 2. The highest BCUT2D eigenvalue weighted by atomic mass is 16.5. The van der Waals surface area contributed by atoms with Crippen molar-refractivity contribution in [2.45, 2.75) is 38.7 Å². The minimum absolute atomic E-state index is 0.162. The highest BCUT2D eigenvalue weighted by Gasteiger charge is 2.18. The Labute approximate surface area is 209 Å². The Balaban J connectivity index is 1.04. The van der Waals surface area contributed by atoms with Gasteiger partial charge in [-0.1, -0.05) is 60.7 Å². The van der Waals surface area contributed by atoms with E-state index in [-0.39, 0.29) is 6.03 Å². The number of anilines is 1. The van der Waals surface area contributed by atoms with Crippen LogP contribution in [0, 0.1) is 5.92 Å². The molecule has 35 heavy (non-hydrogen) atoms. The number of nitrogens with zero attached hydrogens (tertiary/aromatic N) is 1. The van der Waals surface area contributed by atoms with Crippen molar-refractivity contribution in [1.29, 1.82) is 0 Å². The van der Waals surface area contributed by atoms with Gasteiger partial charge in [-0.3, -0.25) is 0 Å². The van der Waals surface area contributed by atoms with Crippen LogP contribution in [0.2, 0.25) is 0 Å². The second-order valence-corrected chi connectivity index (χ2v) is 9.36. The number of benzene rings is 3. The number of unbranched alkanes of at least 4 members (excludes halogenated alkanes) is 1. The van der Waals surface area contributed by atoms with Gasteiger partial charge in [0.25, 0.3) is 0 Å². The van der Waals surface area contributed by atoms with E-state index < -0.39 is 0 Å². The van der Waals surface area contributed by atoms with Gasteiger partial charge in [0.1, 0.15) is 12.4 Å². The fourth-order valence-electron chi connectivity index (χ4n) is 4.57. The molecule has 1 fully saturated rings. The van der Waals surface area contributed by atoms with Gasteiger partial charge in [-0.05, 0) is 93.0 Å². The first-order valence-electron chi connectivity index (χ1n) is 12.8. The smallest absolute Gasteiger partial charge is 0.319 e. The summed E-state index contributed by atoms with van der Waals surface area (Å²) in [6.07, 6.45) is 5.87. The van der Waals surface area contributed by atoms with Crippen molar-refractivity contribution in [3.8, 4) is 5.75 Å². The van der Waals surface area contributed by atoms with Crippen LogP contribution in [0.25, 0.3) is 0 Å². The Hall–Kier alpha value is -3.31. The Kier molecular flexibility index (Phi) is 9.60. The largest absolute Gasteiger partial charge is 0.489 e. The molecule has 3 aromatic rings. The van der Waals surface area contributed by atoms with Gasteiger partial charge >= 0.3 is 6.03 Å². The summed E-state index contributed by atoms with van der Waals surface area (Å²) in [5, 5.41) is 5.86. The number of likely N-dealkylation sites (tertiary alicyclic amines) is 1. The van der Waals surface area contributed by atoms with E-state index in [1.165, 1.54) is 37.9 Å². The van der Waals surface area contributed by atoms with Crippen molar-refractivity contribution >= 4 is 11.7 Å². The third-order valence-corrected chi connectivity index (χ3v) is 6.62. The summed E-state index contributed by atoms with van der Waals surface area (Å²) in [5.41, 5.74) is 3.34. The number of carbonyl (C=O) groups is 1. The number of rotatable bonds is 11. The van der Waals surface area contributed by atoms with Crippen LogP contribution in [0.1, 0.15) is 36.8 Å². The van der Waals surface area contributed by atoms with Gasteiger partial charge in [-0.2, -0.15) is 0 Å². The Morgan fingerprint density at radius 1 is 0.829 bits per heavy atom. The van der Waals surface area contributed by atoms with E-state index in [0.717, 1.165) is 42.3 Å². The van der Waals surface area contributed by atoms with Crippen molar-refractivity contribution < 1.29 is 9.53 Å². The molecule has 0 saturated carbocycles. The number of amides is 2. The minimum atomic E-state index is -0.162. The predicted molar refractivity (Wildman–Crippen MR) is 143 cm³/mol. The van der Waals surface area contributed by atoms with Crippen molar-refractivity contribution in [3.63, 3.8) is 0 Å². The van der Waals surface area contributed by atoms with Gasteiger partial charge in [-0.15, -0.1) is 0 Å². The topological polar surface area (TPSA) is 53.6 Å². The molecule has 0 aromatic heterocycles. The fraction of sp³-hybridized carbons (Fsp3) is 0.367. The molecule has 5 heteroatoms. The summed E-state index contributed by atoms with van der Waals surface area (Å²) in [5.74, 6) is 1.59. The van der Waals surface area contributed by atoms with Gasteiger partial charge in [0, 0.05) is 12.2 Å². The lowest BCUT2D eigenvalue weighted by Crippen LogP contribution is -2.35. The number of carbonyl (C=O) groups excluding carboxylic acids is 1. The zero-order valence-corrected chi connectivity index (χ0v) is 20.5. The summed E-state index contributed by atoms with van der Waals surface area (Å²) < 4.78 is 5.79. The molecule has 0 unspecified atom stereocenters. The Morgan fingerprint density at radius 3 is 2.17 bits per heavy atom. The van der Waals surface area contributed by atoms with Gasteiger partial charge in [0.15, 0.2) is 0 Å². The molecule has 0 bridgehead atoms. The molecule has 0 spiro atoms. The van der Waals surface area contributed by atoms with Crippen LogP contribution >= 0.6 is 0 Å². The predicted octanol–water partition coefficient (Wildman–Crippen LogP) is 6.12. The van der Waals surface area contributed by atoms with E-state index in [1.807, 2.05) is 54.6 Å². The normalized spacial score (nSPS) is 14.4. The first-order chi connectivity index (χ1) is 17.2. The molecular weight excluding hydrogens is 434 g/mol. The van der Waals surface area contributed by atoms with Crippen molar-refractivity contribution in [2.24, 2.45) is 5.92 Å². The molecule has 2 N–H and O–H groups in total. The van der Waals surface area contributed by atoms with Gasteiger partial charge in [0.05, 0.1) is 0 Å². The van der Waals surface area contributed by atoms with Gasteiger partial charge in [0.2, 0.25) is 0 Å².